The van der Waals surface area contributed by atoms with Gasteiger partial charge in [0.15, 0.2) is 11.3 Å². The molecule has 0 saturated carbocycles. The summed E-state index contributed by atoms with van der Waals surface area (Å²) in [5, 5.41) is 0. The van der Waals surface area contributed by atoms with E-state index in [1.165, 1.54) is 0 Å². The second-order valence-corrected chi connectivity index (χ2v) is 3.68. The van der Waals surface area contributed by atoms with E-state index in [2.05, 4.69) is 31.9 Å². The molecule has 14 heavy (non-hydrogen) atoms. The SMILES string of the molecule is CN1CCc2nc3nc[nH]c3nc2C1. The number of rotatable bonds is 0. The van der Waals surface area contributed by atoms with Crippen molar-refractivity contribution in [3.8, 4) is 0 Å². The molecule has 2 aromatic rings. The van der Waals surface area contributed by atoms with Crippen LogP contribution in [-0.4, -0.2) is 38.4 Å². The van der Waals surface area contributed by atoms with Crippen molar-refractivity contribution < 1.29 is 0 Å². The van der Waals surface area contributed by atoms with Gasteiger partial charge in [-0.2, -0.15) is 0 Å². The van der Waals surface area contributed by atoms with Crippen LogP contribution in [0.25, 0.3) is 11.3 Å². The quantitative estimate of drug-likeness (QED) is 0.649. The van der Waals surface area contributed by atoms with Crippen molar-refractivity contribution >= 4 is 11.3 Å². The Kier molecular flexibility index (Phi) is 1.55. The summed E-state index contributed by atoms with van der Waals surface area (Å²) in [5.74, 6) is 0. The Labute approximate surface area is 81.2 Å². The van der Waals surface area contributed by atoms with Crippen LogP contribution in [0.3, 0.4) is 0 Å². The molecular formula is C9H11N5. The zero-order chi connectivity index (χ0) is 9.54. The monoisotopic (exact) mass is 189 g/mol. The number of fused-ring (bicyclic) bond motifs is 2. The number of likely N-dealkylation sites (N-methyl/N-ethyl adjacent to an activating group) is 1. The molecule has 0 fully saturated rings. The fraction of sp³-hybridized carbons (Fsp3) is 0.444. The molecule has 0 amide bonds. The molecule has 3 rings (SSSR count). The minimum absolute atomic E-state index is 0.730. The first-order valence-electron chi connectivity index (χ1n) is 4.70. The summed E-state index contributed by atoms with van der Waals surface area (Å²) in [7, 11) is 2.10. The summed E-state index contributed by atoms with van der Waals surface area (Å²) in [4.78, 5) is 18.3. The van der Waals surface area contributed by atoms with Gasteiger partial charge in [-0.3, -0.25) is 0 Å². The molecule has 1 aliphatic heterocycles. The lowest BCUT2D eigenvalue weighted by Gasteiger charge is -2.22. The lowest BCUT2D eigenvalue weighted by molar-refractivity contribution is 0.305. The van der Waals surface area contributed by atoms with Gasteiger partial charge in [0.2, 0.25) is 0 Å². The van der Waals surface area contributed by atoms with E-state index in [-0.39, 0.29) is 0 Å². The fourth-order valence-electron chi connectivity index (χ4n) is 1.79. The zero-order valence-corrected chi connectivity index (χ0v) is 7.99. The van der Waals surface area contributed by atoms with Gasteiger partial charge in [0.25, 0.3) is 0 Å². The van der Waals surface area contributed by atoms with E-state index in [0.29, 0.717) is 0 Å². The third-order valence-electron chi connectivity index (χ3n) is 2.57. The number of nitrogens with zero attached hydrogens (tertiary/aromatic N) is 4. The predicted molar refractivity (Wildman–Crippen MR) is 51.7 cm³/mol. The van der Waals surface area contributed by atoms with Gasteiger partial charge in [-0.25, -0.2) is 15.0 Å². The van der Waals surface area contributed by atoms with Gasteiger partial charge >= 0.3 is 0 Å². The van der Waals surface area contributed by atoms with Crippen LogP contribution in [0.5, 0.6) is 0 Å². The van der Waals surface area contributed by atoms with Crippen LogP contribution in [0.4, 0.5) is 0 Å². The number of imidazole rings is 1. The second-order valence-electron chi connectivity index (χ2n) is 3.68. The fourth-order valence-corrected chi connectivity index (χ4v) is 1.79. The first-order chi connectivity index (χ1) is 6.83. The average Bonchev–Trinajstić information content (AvgIpc) is 2.61. The number of aromatic amines is 1. The van der Waals surface area contributed by atoms with Crippen molar-refractivity contribution in [1.29, 1.82) is 0 Å². The van der Waals surface area contributed by atoms with Crippen molar-refractivity contribution in [3.63, 3.8) is 0 Å². The summed E-state index contributed by atoms with van der Waals surface area (Å²) in [6.07, 6.45) is 2.61. The van der Waals surface area contributed by atoms with Crippen molar-refractivity contribution in [2.24, 2.45) is 0 Å². The van der Waals surface area contributed by atoms with Crippen LogP contribution in [0.15, 0.2) is 6.33 Å². The van der Waals surface area contributed by atoms with Crippen LogP contribution in [0.1, 0.15) is 11.4 Å². The molecule has 0 spiro atoms. The molecule has 0 aliphatic carbocycles. The topological polar surface area (TPSA) is 57.7 Å². The lowest BCUT2D eigenvalue weighted by Crippen LogP contribution is -2.28. The maximum absolute atomic E-state index is 4.50. The minimum atomic E-state index is 0.730. The molecule has 0 atom stereocenters. The van der Waals surface area contributed by atoms with E-state index in [1.807, 2.05) is 0 Å². The summed E-state index contributed by atoms with van der Waals surface area (Å²) in [5.41, 5.74) is 3.70. The van der Waals surface area contributed by atoms with Crippen molar-refractivity contribution in [2.45, 2.75) is 13.0 Å². The van der Waals surface area contributed by atoms with Crippen LogP contribution in [0.2, 0.25) is 0 Å². The first kappa shape index (κ1) is 7.87. The molecule has 72 valence electrons. The third-order valence-corrected chi connectivity index (χ3v) is 2.57. The van der Waals surface area contributed by atoms with E-state index in [0.717, 1.165) is 42.2 Å². The molecular weight excluding hydrogens is 178 g/mol. The van der Waals surface area contributed by atoms with E-state index in [9.17, 15) is 0 Å². The van der Waals surface area contributed by atoms with Gasteiger partial charge in [-0.15, -0.1) is 0 Å². The Morgan fingerprint density at radius 1 is 1.36 bits per heavy atom. The highest BCUT2D eigenvalue weighted by atomic mass is 15.1. The summed E-state index contributed by atoms with van der Waals surface area (Å²) in [6.45, 7) is 1.94. The van der Waals surface area contributed by atoms with Crippen molar-refractivity contribution in [3.05, 3.63) is 17.7 Å². The predicted octanol–water partition coefficient (Wildman–Crippen LogP) is 0.341. The standard InChI is InChI=1S/C9H11N5/c1-14-3-2-6-7(4-14)13-9-8(12-6)10-5-11-9/h5H,2-4H2,1H3,(H,10,11,12,13). The van der Waals surface area contributed by atoms with Gasteiger partial charge < -0.3 is 9.88 Å². The first-order valence-corrected chi connectivity index (χ1v) is 4.70. The molecule has 0 radical (unpaired) electrons. The molecule has 1 aliphatic rings. The van der Waals surface area contributed by atoms with E-state index in [1.54, 1.807) is 6.33 Å². The molecule has 2 aromatic heterocycles. The van der Waals surface area contributed by atoms with Gasteiger partial charge in [0, 0.05) is 19.5 Å². The highest BCUT2D eigenvalue weighted by molar-refractivity contribution is 5.64. The minimum Gasteiger partial charge on any atom is -0.328 e. The molecule has 0 bridgehead atoms. The smallest absolute Gasteiger partial charge is 0.197 e. The number of hydrogen-bond acceptors (Lipinski definition) is 4. The van der Waals surface area contributed by atoms with Crippen LogP contribution >= 0.6 is 0 Å². The van der Waals surface area contributed by atoms with Gasteiger partial charge in [0.1, 0.15) is 0 Å². The zero-order valence-electron chi connectivity index (χ0n) is 7.99. The third kappa shape index (κ3) is 1.09. The molecule has 0 saturated heterocycles. The molecule has 0 unspecified atom stereocenters. The van der Waals surface area contributed by atoms with E-state index >= 15 is 0 Å². The average molecular weight is 189 g/mol. The van der Waals surface area contributed by atoms with Crippen molar-refractivity contribution in [1.82, 2.24) is 24.8 Å². The highest BCUT2D eigenvalue weighted by Gasteiger charge is 2.17. The number of aromatic nitrogens is 4. The van der Waals surface area contributed by atoms with Crippen LogP contribution in [-0.2, 0) is 13.0 Å². The molecule has 0 aromatic carbocycles. The normalized spacial score (nSPS) is 17.2. The number of hydrogen-bond donors (Lipinski definition) is 1. The van der Waals surface area contributed by atoms with Crippen LogP contribution in [0, 0.1) is 0 Å². The molecule has 5 heteroatoms. The Morgan fingerprint density at radius 2 is 2.29 bits per heavy atom. The Morgan fingerprint density at radius 3 is 3.21 bits per heavy atom. The highest BCUT2D eigenvalue weighted by Crippen LogP contribution is 2.15. The van der Waals surface area contributed by atoms with E-state index < -0.39 is 0 Å². The number of H-pyrrole nitrogens is 1. The van der Waals surface area contributed by atoms with E-state index in [4.69, 9.17) is 0 Å². The van der Waals surface area contributed by atoms with Gasteiger partial charge in [0.05, 0.1) is 17.7 Å². The second kappa shape index (κ2) is 2.75. The Hall–Kier alpha value is -1.49. The Balaban J connectivity index is 2.19. The molecule has 5 nitrogen and oxygen atoms in total. The molecule has 1 N–H and O–H groups in total. The molecule has 3 heterocycles. The van der Waals surface area contributed by atoms with Gasteiger partial charge in [-0.05, 0) is 7.05 Å². The largest absolute Gasteiger partial charge is 0.328 e. The lowest BCUT2D eigenvalue weighted by atomic mass is 10.1. The summed E-state index contributed by atoms with van der Waals surface area (Å²) >= 11 is 0. The Bertz CT molecular complexity index is 475. The summed E-state index contributed by atoms with van der Waals surface area (Å²) < 4.78 is 0. The maximum Gasteiger partial charge on any atom is 0.197 e. The summed E-state index contributed by atoms with van der Waals surface area (Å²) in [6, 6.07) is 0. The maximum atomic E-state index is 4.50. The number of nitrogens with one attached hydrogen (secondary N) is 1. The van der Waals surface area contributed by atoms with Gasteiger partial charge in [-0.1, -0.05) is 0 Å². The van der Waals surface area contributed by atoms with Crippen LogP contribution < -0.4 is 0 Å². The van der Waals surface area contributed by atoms with Crippen molar-refractivity contribution in [2.75, 3.05) is 13.6 Å².